The van der Waals surface area contributed by atoms with E-state index in [9.17, 15) is 4.79 Å². The summed E-state index contributed by atoms with van der Waals surface area (Å²) in [6.07, 6.45) is 2.47. The number of ether oxygens (including phenoxy) is 1. The highest BCUT2D eigenvalue weighted by Crippen LogP contribution is 2.30. The fraction of sp³-hybridized carbons (Fsp3) is 0.500. The van der Waals surface area contributed by atoms with Crippen LogP contribution in [0.4, 0.5) is 0 Å². The van der Waals surface area contributed by atoms with Crippen molar-refractivity contribution < 1.29 is 9.53 Å². The Kier molecular flexibility index (Phi) is 4.20. The zero-order valence-electron chi connectivity index (χ0n) is 10.7. The topological polar surface area (TPSA) is 64.3 Å². The van der Waals surface area contributed by atoms with Crippen molar-refractivity contribution in [3.8, 4) is 5.75 Å². The van der Waals surface area contributed by atoms with Gasteiger partial charge in [-0.25, -0.2) is 0 Å². The van der Waals surface area contributed by atoms with Crippen LogP contribution in [0.15, 0.2) is 24.3 Å². The van der Waals surface area contributed by atoms with Crippen molar-refractivity contribution in [2.75, 3.05) is 13.2 Å². The van der Waals surface area contributed by atoms with E-state index < -0.39 is 0 Å². The maximum Gasteiger partial charge on any atom is 0.255 e. The van der Waals surface area contributed by atoms with Crippen LogP contribution in [0.3, 0.4) is 0 Å². The quantitative estimate of drug-likeness (QED) is 0.803. The van der Waals surface area contributed by atoms with E-state index in [4.69, 9.17) is 10.5 Å². The Morgan fingerprint density at radius 3 is 2.89 bits per heavy atom. The molecule has 0 heterocycles. The molecular formula is C14H20N2O2. The lowest BCUT2D eigenvalue weighted by Gasteiger charge is -2.14. The molecule has 4 heteroatoms. The second-order valence-corrected chi connectivity index (χ2v) is 4.86. The van der Waals surface area contributed by atoms with Crippen molar-refractivity contribution >= 4 is 5.91 Å². The van der Waals surface area contributed by atoms with Crippen LogP contribution in [-0.2, 0) is 0 Å². The van der Waals surface area contributed by atoms with Gasteiger partial charge in [0, 0.05) is 12.6 Å². The number of nitrogens with two attached hydrogens (primary N) is 1. The molecule has 0 saturated heterocycles. The molecule has 1 fully saturated rings. The summed E-state index contributed by atoms with van der Waals surface area (Å²) in [5.74, 6) is 1.20. The molecule has 1 saturated carbocycles. The molecule has 3 N–H and O–H groups in total. The van der Waals surface area contributed by atoms with Crippen molar-refractivity contribution in [3.05, 3.63) is 29.8 Å². The number of para-hydroxylation sites is 1. The Morgan fingerprint density at radius 2 is 2.22 bits per heavy atom. The first-order chi connectivity index (χ1) is 8.70. The van der Waals surface area contributed by atoms with Crippen molar-refractivity contribution in [3.63, 3.8) is 0 Å². The highest BCUT2D eigenvalue weighted by Gasteiger charge is 2.23. The molecule has 4 nitrogen and oxygen atoms in total. The summed E-state index contributed by atoms with van der Waals surface area (Å²) in [5.41, 5.74) is 6.08. The molecule has 18 heavy (non-hydrogen) atoms. The summed E-state index contributed by atoms with van der Waals surface area (Å²) in [6.45, 7) is 3.01. The van der Waals surface area contributed by atoms with Crippen LogP contribution in [0, 0.1) is 5.92 Å². The molecule has 1 amide bonds. The summed E-state index contributed by atoms with van der Waals surface area (Å²) in [4.78, 5) is 12.0. The van der Waals surface area contributed by atoms with Gasteiger partial charge in [0.05, 0.1) is 12.2 Å². The van der Waals surface area contributed by atoms with Crippen LogP contribution in [-0.4, -0.2) is 25.1 Å². The molecule has 1 aromatic rings. The number of hydrogen-bond donors (Lipinski definition) is 2. The van der Waals surface area contributed by atoms with Gasteiger partial charge in [-0.3, -0.25) is 4.79 Å². The first-order valence-electron chi connectivity index (χ1n) is 6.43. The molecule has 0 aliphatic heterocycles. The summed E-state index contributed by atoms with van der Waals surface area (Å²) >= 11 is 0. The number of benzene rings is 1. The molecule has 1 aromatic carbocycles. The minimum Gasteiger partial charge on any atom is -0.492 e. The Balaban J connectivity index is 2.02. The number of rotatable bonds is 6. The van der Waals surface area contributed by atoms with E-state index in [-0.39, 0.29) is 11.9 Å². The number of amides is 1. The second kappa shape index (κ2) is 5.87. The van der Waals surface area contributed by atoms with Gasteiger partial charge in [-0.2, -0.15) is 0 Å². The predicted octanol–water partition coefficient (Wildman–Crippen LogP) is 1.55. The molecular weight excluding hydrogens is 228 g/mol. The van der Waals surface area contributed by atoms with Crippen LogP contribution in [0.1, 0.15) is 30.1 Å². The van der Waals surface area contributed by atoms with E-state index in [1.54, 1.807) is 6.07 Å². The van der Waals surface area contributed by atoms with E-state index in [1.165, 1.54) is 12.8 Å². The lowest BCUT2D eigenvalue weighted by atomic mass is 10.1. The van der Waals surface area contributed by atoms with Crippen LogP contribution in [0.25, 0.3) is 0 Å². The maximum atomic E-state index is 12.0. The molecule has 2 rings (SSSR count). The molecule has 0 spiro atoms. The molecule has 1 aliphatic rings. The minimum atomic E-state index is -0.126. The first kappa shape index (κ1) is 12.9. The Bertz CT molecular complexity index is 416. The van der Waals surface area contributed by atoms with Crippen molar-refractivity contribution in [1.29, 1.82) is 0 Å². The first-order valence-corrected chi connectivity index (χ1v) is 6.43. The van der Waals surface area contributed by atoms with E-state index in [2.05, 4.69) is 5.32 Å². The Hall–Kier alpha value is -1.55. The fourth-order valence-corrected chi connectivity index (χ4v) is 1.63. The lowest BCUT2D eigenvalue weighted by molar-refractivity contribution is 0.0937. The zero-order valence-corrected chi connectivity index (χ0v) is 10.7. The maximum absolute atomic E-state index is 12.0. The molecule has 1 atom stereocenters. The number of nitrogens with one attached hydrogen (secondary N) is 1. The third-order valence-electron chi connectivity index (χ3n) is 3.03. The van der Waals surface area contributed by atoms with E-state index >= 15 is 0 Å². The molecule has 98 valence electrons. The summed E-state index contributed by atoms with van der Waals surface area (Å²) in [6, 6.07) is 7.30. The van der Waals surface area contributed by atoms with Gasteiger partial charge in [0.2, 0.25) is 0 Å². The Labute approximate surface area is 108 Å². The van der Waals surface area contributed by atoms with Gasteiger partial charge >= 0.3 is 0 Å². The average molecular weight is 248 g/mol. The van der Waals surface area contributed by atoms with E-state index in [0.29, 0.717) is 30.4 Å². The number of hydrogen-bond acceptors (Lipinski definition) is 3. The lowest BCUT2D eigenvalue weighted by Crippen LogP contribution is -2.37. The van der Waals surface area contributed by atoms with E-state index in [1.807, 2.05) is 25.1 Å². The minimum absolute atomic E-state index is 0.0333. The number of carbonyl (C=O) groups excluding carboxylic acids is 1. The molecule has 0 aromatic heterocycles. The second-order valence-electron chi connectivity index (χ2n) is 4.86. The van der Waals surface area contributed by atoms with Gasteiger partial charge in [-0.05, 0) is 37.8 Å². The third-order valence-corrected chi connectivity index (χ3v) is 3.03. The number of carbonyl (C=O) groups is 1. The predicted molar refractivity (Wildman–Crippen MR) is 70.6 cm³/mol. The van der Waals surface area contributed by atoms with Gasteiger partial charge in [0.1, 0.15) is 5.75 Å². The SMILES string of the molecule is C[C@@H](CN)NC(=O)c1ccccc1OCC1CC1. The van der Waals surface area contributed by atoms with Crippen molar-refractivity contribution in [2.24, 2.45) is 11.7 Å². The monoisotopic (exact) mass is 248 g/mol. The van der Waals surface area contributed by atoms with Gasteiger partial charge in [0.25, 0.3) is 5.91 Å². The summed E-state index contributed by atoms with van der Waals surface area (Å²) in [5, 5.41) is 2.85. The summed E-state index contributed by atoms with van der Waals surface area (Å²) in [7, 11) is 0. The summed E-state index contributed by atoms with van der Waals surface area (Å²) < 4.78 is 5.71. The smallest absolute Gasteiger partial charge is 0.255 e. The molecule has 0 bridgehead atoms. The van der Waals surface area contributed by atoms with Crippen LogP contribution < -0.4 is 15.8 Å². The zero-order chi connectivity index (χ0) is 13.0. The van der Waals surface area contributed by atoms with Gasteiger partial charge in [-0.15, -0.1) is 0 Å². The van der Waals surface area contributed by atoms with Crippen molar-refractivity contribution in [1.82, 2.24) is 5.32 Å². The highest BCUT2D eigenvalue weighted by molar-refractivity contribution is 5.97. The van der Waals surface area contributed by atoms with Gasteiger partial charge in [0.15, 0.2) is 0 Å². The third kappa shape index (κ3) is 3.47. The average Bonchev–Trinajstić information content (AvgIpc) is 3.20. The largest absolute Gasteiger partial charge is 0.492 e. The van der Waals surface area contributed by atoms with Crippen LogP contribution >= 0.6 is 0 Å². The van der Waals surface area contributed by atoms with Crippen LogP contribution in [0.2, 0.25) is 0 Å². The van der Waals surface area contributed by atoms with Gasteiger partial charge < -0.3 is 15.8 Å². The molecule has 0 unspecified atom stereocenters. The highest BCUT2D eigenvalue weighted by atomic mass is 16.5. The fourth-order valence-electron chi connectivity index (χ4n) is 1.63. The normalized spacial score (nSPS) is 16.1. The van der Waals surface area contributed by atoms with Crippen LogP contribution in [0.5, 0.6) is 5.75 Å². The Morgan fingerprint density at radius 1 is 1.50 bits per heavy atom. The molecule has 0 radical (unpaired) electrons. The molecule has 1 aliphatic carbocycles. The van der Waals surface area contributed by atoms with E-state index in [0.717, 1.165) is 0 Å². The van der Waals surface area contributed by atoms with Gasteiger partial charge in [-0.1, -0.05) is 12.1 Å². The van der Waals surface area contributed by atoms with Crippen molar-refractivity contribution in [2.45, 2.75) is 25.8 Å². The standard InChI is InChI=1S/C14H20N2O2/c1-10(8-15)16-14(17)12-4-2-3-5-13(12)18-9-11-6-7-11/h2-5,10-11H,6-9,15H2,1H3,(H,16,17)/t10-/m0/s1.